The molecule has 0 bridgehead atoms. The summed E-state index contributed by atoms with van der Waals surface area (Å²) in [5.41, 5.74) is 7.54. The molecule has 3 N–H and O–H groups in total. The van der Waals surface area contributed by atoms with Crippen LogP contribution in [-0.2, 0) is 10.2 Å². The van der Waals surface area contributed by atoms with Crippen LogP contribution in [0.5, 0.6) is 0 Å². The van der Waals surface area contributed by atoms with Gasteiger partial charge in [-0.1, -0.05) is 32.0 Å². The van der Waals surface area contributed by atoms with Gasteiger partial charge in [-0.15, -0.1) is 0 Å². The monoisotopic (exact) mass is 489 g/mol. The number of fused-ring (bicyclic) bond motifs is 3. The molecular formula is C29H27N7O. The minimum Gasteiger partial charge on any atom is -0.357 e. The molecule has 0 radical (unpaired) electrons. The van der Waals surface area contributed by atoms with Crippen molar-refractivity contribution in [3.63, 3.8) is 0 Å². The maximum Gasteiger partial charge on any atom is 0.225 e. The van der Waals surface area contributed by atoms with Crippen LogP contribution in [0.3, 0.4) is 0 Å². The standard InChI is InChI=1S/C29H27N7O/c1-16-5-8-20-26(25(16)17-6-10-22-18(11-17)14-31-28(30-4)36-22)32-15-33-27(20)34-19-7-9-21-23(12-19)35-24(37)13-29(21,2)3/h5-12,14-15H,13H2,1-4H3,(H,35,37)(H,30,31,36)(H,32,33,34). The lowest BCUT2D eigenvalue weighted by Crippen LogP contribution is -2.32. The number of aromatic nitrogens is 4. The van der Waals surface area contributed by atoms with E-state index < -0.39 is 0 Å². The van der Waals surface area contributed by atoms with Gasteiger partial charge >= 0.3 is 0 Å². The molecule has 8 heteroatoms. The summed E-state index contributed by atoms with van der Waals surface area (Å²) in [6.45, 7) is 6.28. The normalized spacial score (nSPS) is 14.3. The summed E-state index contributed by atoms with van der Waals surface area (Å²) in [5, 5.41) is 11.3. The fourth-order valence-electron chi connectivity index (χ4n) is 5.15. The van der Waals surface area contributed by atoms with Crippen molar-refractivity contribution in [1.29, 1.82) is 0 Å². The number of carbonyl (C=O) groups excluding carboxylic acids is 1. The highest BCUT2D eigenvalue weighted by molar-refractivity contribution is 6.02. The van der Waals surface area contributed by atoms with Gasteiger partial charge in [-0.2, -0.15) is 0 Å². The van der Waals surface area contributed by atoms with Crippen molar-refractivity contribution in [2.45, 2.75) is 32.6 Å². The zero-order chi connectivity index (χ0) is 25.7. The quantitative estimate of drug-likeness (QED) is 0.286. The molecule has 184 valence electrons. The number of hydrogen-bond donors (Lipinski definition) is 3. The van der Waals surface area contributed by atoms with Crippen LogP contribution in [-0.4, -0.2) is 32.9 Å². The predicted molar refractivity (Wildman–Crippen MR) is 148 cm³/mol. The maximum atomic E-state index is 12.2. The third kappa shape index (κ3) is 4.00. The number of aryl methyl sites for hydroxylation is 1. The first-order valence-electron chi connectivity index (χ1n) is 12.2. The summed E-state index contributed by atoms with van der Waals surface area (Å²) in [6.07, 6.45) is 3.89. The molecular weight excluding hydrogens is 462 g/mol. The van der Waals surface area contributed by atoms with Gasteiger partial charge in [0.2, 0.25) is 11.9 Å². The molecule has 1 aliphatic heterocycles. The van der Waals surface area contributed by atoms with E-state index in [1.54, 1.807) is 13.4 Å². The lowest BCUT2D eigenvalue weighted by Gasteiger charge is -2.32. The SMILES string of the molecule is CNc1ncc2cc(-c3c(C)ccc4c(Nc5ccc6c(c5)NC(=O)CC6(C)C)ncnc34)ccc2n1. The molecule has 3 heterocycles. The average Bonchev–Trinajstić information content (AvgIpc) is 2.87. The van der Waals surface area contributed by atoms with Gasteiger partial charge < -0.3 is 16.0 Å². The van der Waals surface area contributed by atoms with Crippen LogP contribution in [0.1, 0.15) is 31.4 Å². The second-order valence-electron chi connectivity index (χ2n) is 10.1. The number of benzene rings is 3. The zero-order valence-corrected chi connectivity index (χ0v) is 21.2. The molecule has 0 fully saturated rings. The summed E-state index contributed by atoms with van der Waals surface area (Å²) in [5.74, 6) is 1.33. The van der Waals surface area contributed by atoms with Crippen LogP contribution < -0.4 is 16.0 Å². The number of nitrogens with one attached hydrogen (secondary N) is 3. The molecule has 2 aromatic heterocycles. The molecule has 8 nitrogen and oxygen atoms in total. The number of rotatable bonds is 4. The number of carbonyl (C=O) groups is 1. The van der Waals surface area contributed by atoms with E-state index in [0.717, 1.165) is 55.4 Å². The van der Waals surface area contributed by atoms with E-state index in [9.17, 15) is 4.79 Å². The van der Waals surface area contributed by atoms with Crippen LogP contribution in [0.2, 0.25) is 0 Å². The van der Waals surface area contributed by atoms with E-state index >= 15 is 0 Å². The first-order valence-corrected chi connectivity index (χ1v) is 12.2. The first kappa shape index (κ1) is 22.8. The summed E-state index contributed by atoms with van der Waals surface area (Å²) < 4.78 is 0. The van der Waals surface area contributed by atoms with Crippen molar-refractivity contribution < 1.29 is 4.79 Å². The van der Waals surface area contributed by atoms with Gasteiger partial charge in [0.05, 0.1) is 11.0 Å². The molecule has 0 spiro atoms. The van der Waals surface area contributed by atoms with Gasteiger partial charge in [-0.25, -0.2) is 19.9 Å². The van der Waals surface area contributed by atoms with E-state index in [4.69, 9.17) is 0 Å². The van der Waals surface area contributed by atoms with Crippen LogP contribution in [0, 0.1) is 6.92 Å². The van der Waals surface area contributed by atoms with Crippen LogP contribution >= 0.6 is 0 Å². The van der Waals surface area contributed by atoms with Crippen LogP contribution in [0.4, 0.5) is 23.1 Å². The fraction of sp³-hybridized carbons (Fsp3) is 0.207. The molecule has 37 heavy (non-hydrogen) atoms. The summed E-state index contributed by atoms with van der Waals surface area (Å²) >= 11 is 0. The smallest absolute Gasteiger partial charge is 0.225 e. The summed E-state index contributed by atoms with van der Waals surface area (Å²) in [6, 6.07) is 16.4. The summed E-state index contributed by atoms with van der Waals surface area (Å²) in [4.78, 5) is 30.4. The van der Waals surface area contributed by atoms with Crippen molar-refractivity contribution in [3.05, 3.63) is 72.2 Å². The van der Waals surface area contributed by atoms with Gasteiger partial charge in [0.15, 0.2) is 0 Å². The fourth-order valence-corrected chi connectivity index (χ4v) is 5.15. The van der Waals surface area contributed by atoms with Gasteiger partial charge in [-0.05, 0) is 53.9 Å². The Labute approximate surface area is 214 Å². The Morgan fingerprint density at radius 1 is 1.00 bits per heavy atom. The van der Waals surface area contributed by atoms with E-state index in [0.29, 0.717) is 18.2 Å². The number of amides is 1. The van der Waals surface area contributed by atoms with Crippen molar-refractivity contribution >= 4 is 50.9 Å². The highest BCUT2D eigenvalue weighted by Gasteiger charge is 2.31. The molecule has 0 atom stereocenters. The van der Waals surface area contributed by atoms with Crippen LogP contribution in [0.25, 0.3) is 32.9 Å². The largest absolute Gasteiger partial charge is 0.357 e. The van der Waals surface area contributed by atoms with Gasteiger partial charge in [0.1, 0.15) is 12.1 Å². The molecule has 0 aliphatic carbocycles. The second kappa shape index (κ2) is 8.51. The molecule has 0 unspecified atom stereocenters. The predicted octanol–water partition coefficient (Wildman–Crippen LogP) is 5.95. The van der Waals surface area contributed by atoms with E-state index in [1.165, 1.54) is 0 Å². The maximum absolute atomic E-state index is 12.2. The Kier molecular flexibility index (Phi) is 5.26. The van der Waals surface area contributed by atoms with Gasteiger partial charge in [0, 0.05) is 52.8 Å². The van der Waals surface area contributed by atoms with E-state index in [-0.39, 0.29) is 11.3 Å². The molecule has 3 aromatic carbocycles. The Morgan fingerprint density at radius 2 is 1.86 bits per heavy atom. The highest BCUT2D eigenvalue weighted by Crippen LogP contribution is 2.40. The van der Waals surface area contributed by atoms with Crippen molar-refractivity contribution in [2.24, 2.45) is 0 Å². The van der Waals surface area contributed by atoms with E-state index in [1.807, 2.05) is 30.5 Å². The molecule has 6 rings (SSSR count). The third-order valence-corrected chi connectivity index (χ3v) is 7.00. The minimum absolute atomic E-state index is 0.0326. The second-order valence-corrected chi connectivity index (χ2v) is 10.1. The average molecular weight is 490 g/mol. The lowest BCUT2D eigenvalue weighted by atomic mass is 9.78. The third-order valence-electron chi connectivity index (χ3n) is 7.00. The van der Waals surface area contributed by atoms with Crippen molar-refractivity contribution in [3.8, 4) is 11.1 Å². The highest BCUT2D eigenvalue weighted by atomic mass is 16.1. The van der Waals surface area contributed by atoms with Crippen LogP contribution in [0.15, 0.2) is 61.1 Å². The number of nitrogens with zero attached hydrogens (tertiary/aromatic N) is 4. The van der Waals surface area contributed by atoms with Crippen molar-refractivity contribution in [1.82, 2.24) is 19.9 Å². The molecule has 0 saturated carbocycles. The molecule has 0 saturated heterocycles. The van der Waals surface area contributed by atoms with E-state index in [2.05, 4.69) is 80.9 Å². The Balaban J connectivity index is 1.42. The van der Waals surface area contributed by atoms with Gasteiger partial charge in [-0.3, -0.25) is 4.79 Å². The number of hydrogen-bond acceptors (Lipinski definition) is 7. The Bertz CT molecular complexity index is 1710. The topological polar surface area (TPSA) is 105 Å². The Morgan fingerprint density at radius 3 is 2.70 bits per heavy atom. The minimum atomic E-state index is -0.205. The molecule has 5 aromatic rings. The van der Waals surface area contributed by atoms with Gasteiger partial charge in [0.25, 0.3) is 0 Å². The lowest BCUT2D eigenvalue weighted by molar-refractivity contribution is -0.117. The molecule has 1 aliphatic rings. The van der Waals surface area contributed by atoms with Crippen molar-refractivity contribution in [2.75, 3.05) is 23.0 Å². The zero-order valence-electron chi connectivity index (χ0n) is 21.2. The summed E-state index contributed by atoms with van der Waals surface area (Å²) in [7, 11) is 1.81. The molecule has 1 amide bonds. The first-order chi connectivity index (χ1) is 17.8. The number of anilines is 4. The Hall–Kier alpha value is -4.59.